The normalized spacial score (nSPS) is 10.2. The van der Waals surface area contributed by atoms with Crippen molar-refractivity contribution in [1.29, 1.82) is 0 Å². The van der Waals surface area contributed by atoms with Gasteiger partial charge in [0.05, 0.1) is 4.92 Å². The molecule has 0 bridgehead atoms. The van der Waals surface area contributed by atoms with Gasteiger partial charge in [-0.25, -0.2) is 0 Å². The Kier molecular flexibility index (Phi) is 5.81. The first-order chi connectivity index (χ1) is 13.4. The van der Waals surface area contributed by atoms with Crippen molar-refractivity contribution < 1.29 is 14.5 Å². The molecule has 0 saturated heterocycles. The van der Waals surface area contributed by atoms with Crippen LogP contribution in [0.3, 0.4) is 0 Å². The van der Waals surface area contributed by atoms with Gasteiger partial charge in [0.25, 0.3) is 17.5 Å². The van der Waals surface area contributed by atoms with Gasteiger partial charge in [0.15, 0.2) is 0 Å². The quantitative estimate of drug-likeness (QED) is 0.437. The van der Waals surface area contributed by atoms with Gasteiger partial charge in [-0.1, -0.05) is 28.1 Å². The highest BCUT2D eigenvalue weighted by Crippen LogP contribution is 2.18. The number of carbonyl (C=O) groups excluding carboxylic acids is 2. The van der Waals surface area contributed by atoms with E-state index >= 15 is 0 Å². The maximum Gasteiger partial charge on any atom is 0.270 e. The number of nitrogens with zero attached hydrogens (tertiary/aromatic N) is 1. The number of nitro benzene ring substituents is 1. The van der Waals surface area contributed by atoms with E-state index in [1.54, 1.807) is 42.5 Å². The summed E-state index contributed by atoms with van der Waals surface area (Å²) >= 11 is 3.32. The molecule has 3 aromatic carbocycles. The summed E-state index contributed by atoms with van der Waals surface area (Å²) < 4.78 is 0.805. The Morgan fingerprint density at radius 1 is 0.786 bits per heavy atom. The summed E-state index contributed by atoms with van der Waals surface area (Å²) in [7, 11) is 0. The monoisotopic (exact) mass is 439 g/mol. The maximum absolute atomic E-state index is 12.3. The van der Waals surface area contributed by atoms with Crippen LogP contribution in [-0.2, 0) is 0 Å². The summed E-state index contributed by atoms with van der Waals surface area (Å²) in [4.78, 5) is 34.8. The van der Waals surface area contributed by atoms with Gasteiger partial charge in [-0.2, -0.15) is 0 Å². The molecule has 0 aliphatic rings. The van der Waals surface area contributed by atoms with Gasteiger partial charge in [0, 0.05) is 39.1 Å². The minimum Gasteiger partial charge on any atom is -0.322 e. The Labute approximate surface area is 168 Å². The van der Waals surface area contributed by atoms with E-state index in [0.717, 1.165) is 4.47 Å². The number of nitrogens with one attached hydrogen (secondary N) is 2. The molecule has 0 fully saturated rings. The minimum atomic E-state index is -0.556. The predicted octanol–water partition coefficient (Wildman–Crippen LogP) is 4.86. The van der Waals surface area contributed by atoms with E-state index in [-0.39, 0.29) is 17.2 Å². The number of benzene rings is 3. The molecule has 0 heterocycles. The molecule has 7 nitrogen and oxygen atoms in total. The number of hydrogen-bond donors (Lipinski definition) is 2. The fourth-order valence-corrected chi connectivity index (χ4v) is 2.83. The first-order valence-electron chi connectivity index (χ1n) is 8.15. The standard InChI is InChI=1S/C20H14BrN3O4/c21-15-5-1-3-13(11-15)19(25)22-16-7-9-17(10-8-16)23-20(26)14-4-2-6-18(12-14)24(27)28/h1-12H,(H,22,25)(H,23,26). The third-order valence-corrected chi connectivity index (χ3v) is 4.30. The van der Waals surface area contributed by atoms with Gasteiger partial charge in [0.1, 0.15) is 0 Å². The molecule has 0 aliphatic heterocycles. The van der Waals surface area contributed by atoms with Crippen molar-refractivity contribution in [2.45, 2.75) is 0 Å². The van der Waals surface area contributed by atoms with Crippen molar-refractivity contribution in [3.63, 3.8) is 0 Å². The third kappa shape index (κ3) is 4.80. The van der Waals surface area contributed by atoms with Crippen LogP contribution in [0.2, 0.25) is 0 Å². The van der Waals surface area contributed by atoms with Crippen LogP contribution in [-0.4, -0.2) is 16.7 Å². The Morgan fingerprint density at radius 2 is 1.29 bits per heavy atom. The lowest BCUT2D eigenvalue weighted by Gasteiger charge is -2.08. The summed E-state index contributed by atoms with van der Waals surface area (Å²) in [5.41, 5.74) is 1.60. The van der Waals surface area contributed by atoms with Gasteiger partial charge >= 0.3 is 0 Å². The molecule has 3 aromatic rings. The number of non-ortho nitro benzene ring substituents is 1. The highest BCUT2D eigenvalue weighted by atomic mass is 79.9. The average Bonchev–Trinajstić information content (AvgIpc) is 2.69. The van der Waals surface area contributed by atoms with Crippen molar-refractivity contribution in [1.82, 2.24) is 0 Å². The Morgan fingerprint density at radius 3 is 1.79 bits per heavy atom. The zero-order valence-corrected chi connectivity index (χ0v) is 16.0. The van der Waals surface area contributed by atoms with Gasteiger partial charge in [0.2, 0.25) is 0 Å². The maximum atomic E-state index is 12.3. The summed E-state index contributed by atoms with van der Waals surface area (Å²) in [6.45, 7) is 0. The number of anilines is 2. The SMILES string of the molecule is O=C(Nc1ccc(NC(=O)c2cccc([N+](=O)[O-])c2)cc1)c1cccc(Br)c1. The molecule has 8 heteroatoms. The van der Waals surface area contributed by atoms with Crippen LogP contribution in [0.15, 0.2) is 77.3 Å². The van der Waals surface area contributed by atoms with Gasteiger partial charge < -0.3 is 10.6 Å². The second-order valence-electron chi connectivity index (χ2n) is 5.80. The van der Waals surface area contributed by atoms with Crippen molar-refractivity contribution in [2.75, 3.05) is 10.6 Å². The molecular weight excluding hydrogens is 426 g/mol. The van der Waals surface area contributed by atoms with E-state index < -0.39 is 10.8 Å². The predicted molar refractivity (Wildman–Crippen MR) is 110 cm³/mol. The number of amides is 2. The molecule has 0 saturated carbocycles. The van der Waals surface area contributed by atoms with Crippen molar-refractivity contribution >= 4 is 44.8 Å². The zero-order chi connectivity index (χ0) is 20.1. The number of halogens is 1. The number of carbonyl (C=O) groups is 2. The summed E-state index contributed by atoms with van der Waals surface area (Å²) in [5.74, 6) is -0.718. The number of hydrogen-bond acceptors (Lipinski definition) is 4. The number of rotatable bonds is 5. The second-order valence-corrected chi connectivity index (χ2v) is 6.72. The van der Waals surface area contributed by atoms with Crippen molar-refractivity contribution in [2.24, 2.45) is 0 Å². The molecular formula is C20H14BrN3O4. The fourth-order valence-electron chi connectivity index (χ4n) is 2.43. The summed E-state index contributed by atoms with van der Waals surface area (Å²) in [6.07, 6.45) is 0. The van der Waals surface area contributed by atoms with E-state index in [9.17, 15) is 19.7 Å². The largest absolute Gasteiger partial charge is 0.322 e. The van der Waals surface area contributed by atoms with E-state index in [2.05, 4.69) is 26.6 Å². The first kappa shape index (κ1) is 19.2. The Bertz CT molecular complexity index is 1050. The smallest absolute Gasteiger partial charge is 0.270 e. The molecule has 0 aliphatic carbocycles. The molecule has 2 N–H and O–H groups in total. The fraction of sp³-hybridized carbons (Fsp3) is 0. The minimum absolute atomic E-state index is 0.154. The average molecular weight is 440 g/mol. The lowest BCUT2D eigenvalue weighted by molar-refractivity contribution is -0.384. The van der Waals surface area contributed by atoms with Crippen LogP contribution >= 0.6 is 15.9 Å². The zero-order valence-electron chi connectivity index (χ0n) is 14.4. The highest BCUT2D eigenvalue weighted by molar-refractivity contribution is 9.10. The molecule has 0 atom stereocenters. The summed E-state index contributed by atoms with van der Waals surface area (Å²) in [5, 5.41) is 16.3. The molecule has 28 heavy (non-hydrogen) atoms. The van der Waals surface area contributed by atoms with Crippen LogP contribution in [0.5, 0.6) is 0 Å². The molecule has 0 spiro atoms. The first-order valence-corrected chi connectivity index (χ1v) is 8.94. The van der Waals surface area contributed by atoms with Gasteiger partial charge in [-0.3, -0.25) is 19.7 Å². The van der Waals surface area contributed by atoms with Crippen LogP contribution in [0.25, 0.3) is 0 Å². The molecule has 2 amide bonds. The van der Waals surface area contributed by atoms with Crippen LogP contribution in [0.1, 0.15) is 20.7 Å². The van der Waals surface area contributed by atoms with Gasteiger partial charge in [-0.15, -0.1) is 0 Å². The van der Waals surface area contributed by atoms with E-state index in [0.29, 0.717) is 16.9 Å². The number of nitro groups is 1. The topological polar surface area (TPSA) is 101 Å². The Hall–Kier alpha value is -3.52. The molecule has 3 rings (SSSR count). The molecule has 140 valence electrons. The molecule has 0 unspecified atom stereocenters. The van der Waals surface area contributed by atoms with E-state index in [4.69, 9.17) is 0 Å². The van der Waals surface area contributed by atoms with Crippen LogP contribution < -0.4 is 10.6 Å². The van der Waals surface area contributed by atoms with Crippen molar-refractivity contribution in [3.8, 4) is 0 Å². The molecule has 0 aromatic heterocycles. The second kappa shape index (κ2) is 8.45. The van der Waals surface area contributed by atoms with Crippen LogP contribution in [0.4, 0.5) is 17.1 Å². The van der Waals surface area contributed by atoms with E-state index in [1.165, 1.54) is 24.3 Å². The molecule has 0 radical (unpaired) electrons. The highest BCUT2D eigenvalue weighted by Gasteiger charge is 2.12. The lowest BCUT2D eigenvalue weighted by atomic mass is 10.2. The van der Waals surface area contributed by atoms with Crippen LogP contribution in [0, 0.1) is 10.1 Å². The Balaban J connectivity index is 1.66. The van der Waals surface area contributed by atoms with Gasteiger partial charge in [-0.05, 0) is 48.5 Å². The summed E-state index contributed by atoms with van der Waals surface area (Å²) in [6, 6.07) is 19.1. The van der Waals surface area contributed by atoms with E-state index in [1.807, 2.05) is 6.07 Å². The van der Waals surface area contributed by atoms with Crippen molar-refractivity contribution in [3.05, 3.63) is 98.5 Å². The third-order valence-electron chi connectivity index (χ3n) is 3.81. The lowest BCUT2D eigenvalue weighted by Crippen LogP contribution is -2.13.